The molecule has 0 aromatic heterocycles. The van der Waals surface area contributed by atoms with Gasteiger partial charge in [-0.25, -0.2) is 8.78 Å². The highest BCUT2D eigenvalue weighted by Gasteiger charge is 2.40. The van der Waals surface area contributed by atoms with E-state index in [4.69, 9.17) is 0 Å². The van der Waals surface area contributed by atoms with Crippen molar-refractivity contribution >= 4 is 5.97 Å². The largest absolute Gasteiger partial charge is 0.481 e. The Morgan fingerprint density at radius 1 is 1.07 bits per heavy atom. The van der Waals surface area contributed by atoms with Gasteiger partial charge in [-0.1, -0.05) is 82.9 Å². The molecule has 0 radical (unpaired) electrons. The molecule has 0 amide bonds. The monoisotopic (exact) mass is 410 g/mol. The van der Waals surface area contributed by atoms with Gasteiger partial charge in [0.15, 0.2) is 0 Å². The maximum absolute atomic E-state index is 12.8. The molecular formula is C25H40F2O2. The van der Waals surface area contributed by atoms with Crippen molar-refractivity contribution in [3.05, 3.63) is 23.8 Å². The second-order valence-corrected chi connectivity index (χ2v) is 9.28. The van der Waals surface area contributed by atoms with Crippen LogP contribution in [-0.4, -0.2) is 17.5 Å². The lowest BCUT2D eigenvalue weighted by Crippen LogP contribution is -2.32. The van der Waals surface area contributed by atoms with Gasteiger partial charge in [0.05, 0.1) is 5.41 Å². The average molecular weight is 411 g/mol. The van der Waals surface area contributed by atoms with Crippen LogP contribution in [0.15, 0.2) is 23.8 Å². The highest BCUT2D eigenvalue weighted by atomic mass is 19.3. The summed E-state index contributed by atoms with van der Waals surface area (Å²) >= 11 is 0. The summed E-state index contributed by atoms with van der Waals surface area (Å²) in [5, 5.41) is 9.43. The zero-order valence-electron chi connectivity index (χ0n) is 18.2. The number of hydrogen-bond acceptors (Lipinski definition) is 1. The van der Waals surface area contributed by atoms with Gasteiger partial charge < -0.3 is 5.11 Å². The van der Waals surface area contributed by atoms with E-state index in [2.05, 4.69) is 6.92 Å². The number of carboxylic acids is 1. The fourth-order valence-corrected chi connectivity index (χ4v) is 5.02. The Labute approximate surface area is 175 Å². The molecule has 4 heteroatoms. The summed E-state index contributed by atoms with van der Waals surface area (Å²) in [6.07, 6.45) is 19.3. The predicted octanol–water partition coefficient (Wildman–Crippen LogP) is 7.94. The zero-order valence-corrected chi connectivity index (χ0v) is 18.2. The SMILES string of the molecule is CCCCCCCCCC[C@H]1CC[C@H](C2=CCC(CC(F)F)(C(=O)O)C=C2)CC1. The van der Waals surface area contributed by atoms with Crippen LogP contribution in [0.25, 0.3) is 0 Å². The van der Waals surface area contributed by atoms with Gasteiger partial charge in [0.25, 0.3) is 0 Å². The molecule has 2 nitrogen and oxygen atoms in total. The molecule has 2 rings (SSSR count). The second-order valence-electron chi connectivity index (χ2n) is 9.28. The van der Waals surface area contributed by atoms with Crippen molar-refractivity contribution in [1.82, 2.24) is 0 Å². The number of alkyl halides is 2. The summed E-state index contributed by atoms with van der Waals surface area (Å²) in [6, 6.07) is 0. The van der Waals surface area contributed by atoms with Gasteiger partial charge >= 0.3 is 5.97 Å². The van der Waals surface area contributed by atoms with E-state index in [1.54, 1.807) is 0 Å². The standard InChI is InChI=1S/C25H40F2O2/c1-2-3-4-5-6-7-8-9-10-20-11-13-21(14-12-20)22-15-17-25(18-16-22,24(28)29)19-23(26)27/h15-17,20-21,23H,2-14,18-19H2,1H3,(H,28,29)/t20-,21-,25?. The molecule has 0 aliphatic heterocycles. The first-order valence-corrected chi connectivity index (χ1v) is 11.9. The molecule has 0 saturated heterocycles. The lowest BCUT2D eigenvalue weighted by molar-refractivity contribution is -0.148. The summed E-state index contributed by atoms with van der Waals surface area (Å²) in [7, 11) is 0. The summed E-state index contributed by atoms with van der Waals surface area (Å²) < 4.78 is 25.6. The molecule has 0 bridgehead atoms. The van der Waals surface area contributed by atoms with Crippen LogP contribution in [-0.2, 0) is 4.79 Å². The van der Waals surface area contributed by atoms with E-state index < -0.39 is 24.2 Å². The molecule has 1 fully saturated rings. The van der Waals surface area contributed by atoms with Crippen LogP contribution in [0.1, 0.15) is 103 Å². The first-order chi connectivity index (χ1) is 14.0. The molecule has 1 unspecified atom stereocenters. The molecule has 0 aromatic carbocycles. The maximum Gasteiger partial charge on any atom is 0.314 e. The normalized spacial score (nSPS) is 27.2. The van der Waals surface area contributed by atoms with Crippen molar-refractivity contribution in [1.29, 1.82) is 0 Å². The molecule has 0 spiro atoms. The predicted molar refractivity (Wildman–Crippen MR) is 115 cm³/mol. The highest BCUT2D eigenvalue weighted by molar-refractivity contribution is 5.78. The van der Waals surface area contributed by atoms with Crippen molar-refractivity contribution < 1.29 is 18.7 Å². The van der Waals surface area contributed by atoms with Gasteiger partial charge in [-0.05, 0) is 49.5 Å². The highest BCUT2D eigenvalue weighted by Crippen LogP contribution is 2.41. The third-order valence-electron chi connectivity index (χ3n) is 7.03. The molecule has 1 N–H and O–H groups in total. The number of unbranched alkanes of at least 4 members (excludes halogenated alkanes) is 7. The van der Waals surface area contributed by atoms with Crippen LogP contribution in [0.4, 0.5) is 8.78 Å². The molecule has 2 aliphatic carbocycles. The third kappa shape index (κ3) is 7.86. The van der Waals surface area contributed by atoms with Crippen molar-refractivity contribution in [3.63, 3.8) is 0 Å². The van der Waals surface area contributed by atoms with Gasteiger partial charge in [-0.3, -0.25) is 4.79 Å². The molecule has 166 valence electrons. The van der Waals surface area contributed by atoms with E-state index >= 15 is 0 Å². The van der Waals surface area contributed by atoms with E-state index in [-0.39, 0.29) is 6.42 Å². The Kier molecular flexibility index (Phi) is 10.4. The van der Waals surface area contributed by atoms with E-state index in [1.807, 2.05) is 12.2 Å². The number of rotatable bonds is 13. The summed E-state index contributed by atoms with van der Waals surface area (Å²) in [6.45, 7) is 2.26. The van der Waals surface area contributed by atoms with Crippen LogP contribution < -0.4 is 0 Å². The number of halogens is 2. The van der Waals surface area contributed by atoms with Crippen LogP contribution in [0.2, 0.25) is 0 Å². The Morgan fingerprint density at radius 3 is 2.21 bits per heavy atom. The second kappa shape index (κ2) is 12.5. The van der Waals surface area contributed by atoms with E-state index in [0.717, 1.165) is 18.8 Å². The van der Waals surface area contributed by atoms with Crippen LogP contribution >= 0.6 is 0 Å². The van der Waals surface area contributed by atoms with E-state index in [9.17, 15) is 18.7 Å². The minimum atomic E-state index is -2.60. The number of aliphatic carboxylic acids is 1. The fourth-order valence-electron chi connectivity index (χ4n) is 5.02. The number of allylic oxidation sites excluding steroid dienone is 3. The Hall–Kier alpha value is -1.19. The maximum atomic E-state index is 12.8. The summed E-state index contributed by atoms with van der Waals surface area (Å²) in [5.41, 5.74) is -0.257. The zero-order chi connectivity index (χ0) is 21.1. The summed E-state index contributed by atoms with van der Waals surface area (Å²) in [4.78, 5) is 11.5. The third-order valence-corrected chi connectivity index (χ3v) is 7.03. The molecule has 29 heavy (non-hydrogen) atoms. The first-order valence-electron chi connectivity index (χ1n) is 11.9. The molecule has 2 aliphatic rings. The van der Waals surface area contributed by atoms with Gasteiger partial charge in [-0.15, -0.1) is 0 Å². The minimum absolute atomic E-state index is 0.191. The number of carbonyl (C=O) groups is 1. The summed E-state index contributed by atoms with van der Waals surface area (Å²) in [5.74, 6) is 0.161. The van der Waals surface area contributed by atoms with Gasteiger partial charge in [0.2, 0.25) is 6.43 Å². The topological polar surface area (TPSA) is 37.3 Å². The van der Waals surface area contributed by atoms with E-state index in [1.165, 1.54) is 82.3 Å². The van der Waals surface area contributed by atoms with Crippen LogP contribution in [0.5, 0.6) is 0 Å². The quantitative estimate of drug-likeness (QED) is 0.313. The van der Waals surface area contributed by atoms with E-state index in [0.29, 0.717) is 5.92 Å². The molecule has 1 atom stereocenters. The van der Waals surface area contributed by atoms with Gasteiger partial charge in [0.1, 0.15) is 0 Å². The average Bonchev–Trinajstić information content (AvgIpc) is 2.70. The Bertz CT molecular complexity index is 547. The van der Waals surface area contributed by atoms with Crippen molar-refractivity contribution in [2.75, 3.05) is 0 Å². The first kappa shape index (κ1) is 24.1. The minimum Gasteiger partial charge on any atom is -0.481 e. The number of hydrogen-bond donors (Lipinski definition) is 1. The number of carboxylic acid groups (broad SMARTS) is 1. The fraction of sp³-hybridized carbons (Fsp3) is 0.800. The van der Waals surface area contributed by atoms with Crippen LogP contribution in [0.3, 0.4) is 0 Å². The smallest absolute Gasteiger partial charge is 0.314 e. The molecule has 0 aromatic rings. The lowest BCUT2D eigenvalue weighted by Gasteiger charge is -2.33. The van der Waals surface area contributed by atoms with Crippen molar-refractivity contribution in [2.24, 2.45) is 17.3 Å². The Balaban J connectivity index is 1.66. The van der Waals surface area contributed by atoms with Crippen molar-refractivity contribution in [2.45, 2.75) is 110 Å². The molecule has 0 heterocycles. The van der Waals surface area contributed by atoms with Crippen LogP contribution in [0, 0.1) is 17.3 Å². The van der Waals surface area contributed by atoms with Gasteiger partial charge in [0, 0.05) is 6.42 Å². The molecular weight excluding hydrogens is 370 g/mol. The Morgan fingerprint density at radius 2 is 1.69 bits per heavy atom. The van der Waals surface area contributed by atoms with Crippen molar-refractivity contribution in [3.8, 4) is 0 Å². The molecule has 1 saturated carbocycles. The lowest BCUT2D eigenvalue weighted by atomic mass is 9.72. The van der Waals surface area contributed by atoms with Gasteiger partial charge in [-0.2, -0.15) is 0 Å².